The second kappa shape index (κ2) is 6.36. The summed E-state index contributed by atoms with van der Waals surface area (Å²) in [5.74, 6) is 0.539. The van der Waals surface area contributed by atoms with Crippen LogP contribution in [0.3, 0.4) is 0 Å². The molecule has 0 saturated carbocycles. The molecule has 0 spiro atoms. The molecule has 17 heavy (non-hydrogen) atoms. The molecule has 0 aliphatic carbocycles. The molecule has 1 fully saturated rings. The Morgan fingerprint density at radius 2 is 2.00 bits per heavy atom. The number of hydrogen-bond acceptors (Lipinski definition) is 3. The van der Waals surface area contributed by atoms with Crippen LogP contribution in [0.25, 0.3) is 0 Å². The van der Waals surface area contributed by atoms with Crippen LogP contribution in [0, 0.1) is 11.8 Å². The maximum atomic E-state index is 12.2. The predicted molar refractivity (Wildman–Crippen MR) is 68.6 cm³/mol. The highest BCUT2D eigenvalue weighted by atomic mass is 16.5. The van der Waals surface area contributed by atoms with Gasteiger partial charge in [0.25, 0.3) is 0 Å². The highest BCUT2D eigenvalue weighted by molar-refractivity contribution is 5.79. The maximum Gasteiger partial charge on any atom is 0.224 e. The molecule has 1 atom stereocenters. The highest BCUT2D eigenvalue weighted by Crippen LogP contribution is 2.21. The summed E-state index contributed by atoms with van der Waals surface area (Å²) in [6.45, 7) is 8.22. The number of carbonyl (C=O) groups excluding carboxylic acids is 1. The molecule has 1 amide bonds. The number of rotatable bonds is 5. The van der Waals surface area contributed by atoms with Gasteiger partial charge in [0.1, 0.15) is 0 Å². The van der Waals surface area contributed by atoms with Crippen LogP contribution in [0.2, 0.25) is 0 Å². The van der Waals surface area contributed by atoms with Crippen molar-refractivity contribution in [3.05, 3.63) is 0 Å². The first-order valence-electron chi connectivity index (χ1n) is 6.56. The molecule has 1 aliphatic rings. The van der Waals surface area contributed by atoms with Crippen molar-refractivity contribution in [1.82, 2.24) is 5.32 Å². The van der Waals surface area contributed by atoms with E-state index in [9.17, 15) is 4.79 Å². The molecule has 0 aromatic rings. The number of hydrogen-bond donors (Lipinski definition) is 2. The zero-order chi connectivity index (χ0) is 12.9. The van der Waals surface area contributed by atoms with Crippen molar-refractivity contribution in [2.24, 2.45) is 17.6 Å². The molecule has 0 aromatic carbocycles. The van der Waals surface area contributed by atoms with Crippen molar-refractivity contribution in [2.45, 2.75) is 45.6 Å². The molecule has 1 heterocycles. The van der Waals surface area contributed by atoms with E-state index in [1.165, 1.54) is 0 Å². The Morgan fingerprint density at radius 1 is 1.41 bits per heavy atom. The average molecular weight is 242 g/mol. The van der Waals surface area contributed by atoms with Crippen molar-refractivity contribution in [3.8, 4) is 0 Å². The van der Waals surface area contributed by atoms with Crippen molar-refractivity contribution < 1.29 is 9.53 Å². The van der Waals surface area contributed by atoms with Gasteiger partial charge >= 0.3 is 0 Å². The lowest BCUT2D eigenvalue weighted by Crippen LogP contribution is -2.52. The van der Waals surface area contributed by atoms with Crippen LogP contribution in [-0.4, -0.2) is 31.2 Å². The summed E-state index contributed by atoms with van der Waals surface area (Å²) >= 11 is 0. The first-order chi connectivity index (χ1) is 7.97. The molecule has 1 rings (SSSR count). The monoisotopic (exact) mass is 242 g/mol. The van der Waals surface area contributed by atoms with Gasteiger partial charge in [-0.25, -0.2) is 0 Å². The third kappa shape index (κ3) is 4.64. The van der Waals surface area contributed by atoms with Gasteiger partial charge in [-0.05, 0) is 32.1 Å². The molecule has 1 unspecified atom stereocenters. The lowest BCUT2D eigenvalue weighted by Gasteiger charge is -2.35. The minimum absolute atomic E-state index is 0.0605. The SMILES string of the molecule is CC(C)CC(CN)C(=O)NC1(C)CCOCC1. The van der Waals surface area contributed by atoms with Crippen LogP contribution >= 0.6 is 0 Å². The summed E-state index contributed by atoms with van der Waals surface area (Å²) < 4.78 is 5.32. The Morgan fingerprint density at radius 3 is 2.47 bits per heavy atom. The van der Waals surface area contributed by atoms with Gasteiger partial charge in [0.15, 0.2) is 0 Å². The molecule has 0 radical (unpaired) electrons. The van der Waals surface area contributed by atoms with Crippen molar-refractivity contribution >= 4 is 5.91 Å². The van der Waals surface area contributed by atoms with E-state index in [-0.39, 0.29) is 17.4 Å². The summed E-state index contributed by atoms with van der Waals surface area (Å²) in [7, 11) is 0. The first kappa shape index (κ1) is 14.5. The fourth-order valence-corrected chi connectivity index (χ4v) is 2.23. The Labute approximate surface area is 104 Å². The highest BCUT2D eigenvalue weighted by Gasteiger charge is 2.31. The third-order valence-electron chi connectivity index (χ3n) is 3.43. The van der Waals surface area contributed by atoms with Gasteiger partial charge in [-0.15, -0.1) is 0 Å². The minimum Gasteiger partial charge on any atom is -0.381 e. The number of carbonyl (C=O) groups is 1. The molecule has 4 heteroatoms. The van der Waals surface area contributed by atoms with Gasteiger partial charge in [0.2, 0.25) is 5.91 Å². The molecule has 0 aromatic heterocycles. The molecule has 3 N–H and O–H groups in total. The molecule has 1 saturated heterocycles. The third-order valence-corrected chi connectivity index (χ3v) is 3.43. The van der Waals surface area contributed by atoms with Crippen LogP contribution in [0.1, 0.15) is 40.0 Å². The van der Waals surface area contributed by atoms with E-state index in [0.717, 1.165) is 32.5 Å². The number of nitrogens with one attached hydrogen (secondary N) is 1. The van der Waals surface area contributed by atoms with E-state index in [4.69, 9.17) is 10.5 Å². The van der Waals surface area contributed by atoms with E-state index in [0.29, 0.717) is 12.5 Å². The number of ether oxygens (including phenoxy) is 1. The lowest BCUT2D eigenvalue weighted by molar-refractivity contribution is -0.128. The van der Waals surface area contributed by atoms with Crippen LogP contribution in [0.4, 0.5) is 0 Å². The number of amides is 1. The van der Waals surface area contributed by atoms with Gasteiger partial charge < -0.3 is 15.8 Å². The van der Waals surface area contributed by atoms with E-state index in [1.54, 1.807) is 0 Å². The second-order valence-corrected chi connectivity index (χ2v) is 5.72. The average Bonchev–Trinajstić information content (AvgIpc) is 2.25. The topological polar surface area (TPSA) is 64.4 Å². The van der Waals surface area contributed by atoms with E-state index >= 15 is 0 Å². The standard InChI is InChI=1S/C13H26N2O2/c1-10(2)8-11(9-14)12(16)15-13(3)4-6-17-7-5-13/h10-11H,4-9,14H2,1-3H3,(H,15,16). The zero-order valence-corrected chi connectivity index (χ0v) is 11.3. The van der Waals surface area contributed by atoms with Crippen molar-refractivity contribution in [2.75, 3.05) is 19.8 Å². The fraction of sp³-hybridized carbons (Fsp3) is 0.923. The summed E-state index contributed by atoms with van der Waals surface area (Å²) in [6.07, 6.45) is 2.63. The maximum absolute atomic E-state index is 12.2. The van der Waals surface area contributed by atoms with Gasteiger partial charge in [-0.2, -0.15) is 0 Å². The predicted octanol–water partition coefficient (Wildman–Crippen LogP) is 1.29. The lowest BCUT2D eigenvalue weighted by atomic mass is 9.90. The zero-order valence-electron chi connectivity index (χ0n) is 11.3. The molecular formula is C13H26N2O2. The quantitative estimate of drug-likeness (QED) is 0.763. The normalized spacial score (nSPS) is 21.2. The summed E-state index contributed by atoms with van der Waals surface area (Å²) in [5.41, 5.74) is 5.57. The Bertz CT molecular complexity index is 248. The van der Waals surface area contributed by atoms with Gasteiger partial charge in [-0.3, -0.25) is 4.79 Å². The molecule has 4 nitrogen and oxygen atoms in total. The minimum atomic E-state index is -0.111. The number of nitrogens with two attached hydrogens (primary N) is 1. The van der Waals surface area contributed by atoms with E-state index < -0.39 is 0 Å². The van der Waals surface area contributed by atoms with Gasteiger partial charge in [0.05, 0.1) is 5.92 Å². The largest absolute Gasteiger partial charge is 0.381 e. The summed E-state index contributed by atoms with van der Waals surface area (Å²) in [6, 6.07) is 0. The van der Waals surface area contributed by atoms with Crippen LogP contribution in [-0.2, 0) is 9.53 Å². The van der Waals surface area contributed by atoms with Gasteiger partial charge in [-0.1, -0.05) is 13.8 Å². The van der Waals surface area contributed by atoms with E-state index in [2.05, 4.69) is 26.1 Å². The Kier molecular flexibility index (Phi) is 5.40. The van der Waals surface area contributed by atoms with Gasteiger partial charge in [0, 0.05) is 25.3 Å². The Balaban J connectivity index is 2.50. The van der Waals surface area contributed by atoms with Crippen molar-refractivity contribution in [3.63, 3.8) is 0 Å². The summed E-state index contributed by atoms with van der Waals surface area (Å²) in [4.78, 5) is 12.2. The fourth-order valence-electron chi connectivity index (χ4n) is 2.23. The molecular weight excluding hydrogens is 216 g/mol. The summed E-state index contributed by atoms with van der Waals surface area (Å²) in [5, 5.41) is 3.15. The molecule has 1 aliphatic heterocycles. The van der Waals surface area contributed by atoms with Crippen molar-refractivity contribution in [1.29, 1.82) is 0 Å². The van der Waals surface area contributed by atoms with Crippen LogP contribution in [0.15, 0.2) is 0 Å². The van der Waals surface area contributed by atoms with Crippen LogP contribution < -0.4 is 11.1 Å². The molecule has 100 valence electrons. The molecule has 0 bridgehead atoms. The Hall–Kier alpha value is -0.610. The second-order valence-electron chi connectivity index (χ2n) is 5.72. The first-order valence-corrected chi connectivity index (χ1v) is 6.56. The van der Waals surface area contributed by atoms with E-state index in [1.807, 2.05) is 0 Å². The van der Waals surface area contributed by atoms with Crippen LogP contribution in [0.5, 0.6) is 0 Å². The smallest absolute Gasteiger partial charge is 0.224 e.